The molecule has 5 nitrogen and oxygen atoms in total. The Balaban J connectivity index is 2.17. The minimum Gasteiger partial charge on any atom is -0.266 e. The molecule has 0 saturated heterocycles. The van der Waals surface area contributed by atoms with Gasteiger partial charge in [0.25, 0.3) is 5.88 Å². The molecule has 0 aliphatic heterocycles. The number of hydrogen-bond acceptors (Lipinski definition) is 5. The maximum absolute atomic E-state index is 12.8. The molecule has 0 aliphatic carbocycles. The lowest BCUT2D eigenvalue weighted by molar-refractivity contribution is -0.156. The van der Waals surface area contributed by atoms with Gasteiger partial charge in [-0.05, 0) is 12.1 Å². The largest absolute Gasteiger partial charge is 0.433 e. The highest BCUT2D eigenvalue weighted by atomic mass is 19.4. The zero-order valence-electron chi connectivity index (χ0n) is 11.7. The van der Waals surface area contributed by atoms with Gasteiger partial charge < -0.3 is 0 Å². The SMILES string of the molecule is C=CCc1nc(OOC(=O)c2ccccc2)cc(C(F)(F)F)n1. The molecular formula is C15H11F3N2O3. The molecule has 0 aliphatic rings. The molecule has 0 saturated carbocycles. The van der Waals surface area contributed by atoms with Crippen molar-refractivity contribution in [1.29, 1.82) is 0 Å². The highest BCUT2D eigenvalue weighted by Gasteiger charge is 2.34. The summed E-state index contributed by atoms with van der Waals surface area (Å²) in [5.74, 6) is -1.53. The van der Waals surface area contributed by atoms with Crippen molar-refractivity contribution in [3.63, 3.8) is 0 Å². The van der Waals surface area contributed by atoms with Gasteiger partial charge in [0.1, 0.15) is 5.82 Å². The van der Waals surface area contributed by atoms with Crippen molar-refractivity contribution in [1.82, 2.24) is 9.97 Å². The average Bonchev–Trinajstić information content (AvgIpc) is 2.53. The van der Waals surface area contributed by atoms with E-state index < -0.39 is 23.7 Å². The molecule has 0 amide bonds. The van der Waals surface area contributed by atoms with Crippen LogP contribution in [0.1, 0.15) is 21.9 Å². The van der Waals surface area contributed by atoms with Crippen LogP contribution in [0.2, 0.25) is 0 Å². The van der Waals surface area contributed by atoms with Gasteiger partial charge in [0.2, 0.25) is 0 Å². The number of benzene rings is 1. The molecule has 23 heavy (non-hydrogen) atoms. The molecule has 0 unspecified atom stereocenters. The van der Waals surface area contributed by atoms with Crippen molar-refractivity contribution >= 4 is 5.97 Å². The second-order valence-corrected chi connectivity index (χ2v) is 4.32. The Hall–Kier alpha value is -2.90. The van der Waals surface area contributed by atoms with Gasteiger partial charge in [-0.2, -0.15) is 18.2 Å². The maximum atomic E-state index is 12.8. The maximum Gasteiger partial charge on any atom is 0.433 e. The number of aromatic nitrogens is 2. The second-order valence-electron chi connectivity index (χ2n) is 4.32. The van der Waals surface area contributed by atoms with E-state index in [1.165, 1.54) is 18.2 Å². The Morgan fingerprint density at radius 2 is 1.91 bits per heavy atom. The van der Waals surface area contributed by atoms with E-state index in [-0.39, 0.29) is 17.8 Å². The van der Waals surface area contributed by atoms with Gasteiger partial charge in [-0.25, -0.2) is 14.7 Å². The highest BCUT2D eigenvalue weighted by molar-refractivity contribution is 5.88. The summed E-state index contributed by atoms with van der Waals surface area (Å²) in [6, 6.07) is 8.38. The summed E-state index contributed by atoms with van der Waals surface area (Å²) in [4.78, 5) is 27.9. The molecular weight excluding hydrogens is 313 g/mol. The van der Waals surface area contributed by atoms with E-state index in [0.29, 0.717) is 6.07 Å². The smallest absolute Gasteiger partial charge is 0.266 e. The number of nitrogens with zero attached hydrogens (tertiary/aromatic N) is 2. The molecule has 120 valence electrons. The molecule has 8 heteroatoms. The molecule has 0 spiro atoms. The van der Waals surface area contributed by atoms with E-state index in [1.807, 2.05) is 0 Å². The summed E-state index contributed by atoms with van der Waals surface area (Å²) in [5.41, 5.74) is -1.01. The van der Waals surface area contributed by atoms with Crippen LogP contribution in [0.5, 0.6) is 5.88 Å². The van der Waals surface area contributed by atoms with Gasteiger partial charge in [0, 0.05) is 12.5 Å². The van der Waals surface area contributed by atoms with Gasteiger partial charge in [0.15, 0.2) is 5.69 Å². The summed E-state index contributed by atoms with van der Waals surface area (Å²) in [5, 5.41) is 0. The topological polar surface area (TPSA) is 61.3 Å². The van der Waals surface area contributed by atoms with Crippen LogP contribution in [0.4, 0.5) is 13.2 Å². The average molecular weight is 324 g/mol. The Morgan fingerprint density at radius 1 is 1.22 bits per heavy atom. The Kier molecular flexibility index (Phi) is 4.95. The molecule has 2 aromatic rings. The van der Waals surface area contributed by atoms with Gasteiger partial charge >= 0.3 is 12.1 Å². The van der Waals surface area contributed by atoms with Crippen molar-refractivity contribution in [2.75, 3.05) is 0 Å². The predicted octanol–water partition coefficient (Wildman–Crippen LogP) is 3.37. The van der Waals surface area contributed by atoms with Crippen LogP contribution >= 0.6 is 0 Å². The first-order valence-corrected chi connectivity index (χ1v) is 6.40. The normalized spacial score (nSPS) is 10.9. The Bertz CT molecular complexity index is 703. The van der Waals surface area contributed by atoms with Crippen LogP contribution < -0.4 is 4.89 Å². The van der Waals surface area contributed by atoms with Crippen molar-refractivity contribution in [3.05, 3.63) is 66.1 Å². The first-order chi connectivity index (χ1) is 10.9. The van der Waals surface area contributed by atoms with Crippen molar-refractivity contribution in [2.24, 2.45) is 0 Å². The number of halogens is 3. The van der Waals surface area contributed by atoms with Gasteiger partial charge in [-0.1, -0.05) is 24.3 Å². The molecule has 2 rings (SSSR count). The summed E-state index contributed by atoms with van der Waals surface area (Å²) in [6.45, 7) is 3.40. The Morgan fingerprint density at radius 3 is 2.52 bits per heavy atom. The van der Waals surface area contributed by atoms with Crippen molar-refractivity contribution in [3.8, 4) is 5.88 Å². The minimum atomic E-state index is -4.68. The predicted molar refractivity (Wildman–Crippen MR) is 73.4 cm³/mol. The number of allylic oxidation sites excluding steroid dienone is 1. The fraction of sp³-hybridized carbons (Fsp3) is 0.133. The summed E-state index contributed by atoms with van der Waals surface area (Å²) in [7, 11) is 0. The van der Waals surface area contributed by atoms with Crippen LogP contribution in [0.15, 0.2) is 49.1 Å². The highest BCUT2D eigenvalue weighted by Crippen LogP contribution is 2.29. The third kappa shape index (κ3) is 4.53. The van der Waals surface area contributed by atoms with Crippen molar-refractivity contribution < 1.29 is 27.7 Å². The minimum absolute atomic E-state index is 0.00686. The lowest BCUT2D eigenvalue weighted by atomic mass is 10.2. The number of rotatable bonds is 5. The summed E-state index contributed by atoms with van der Waals surface area (Å²) >= 11 is 0. The monoisotopic (exact) mass is 324 g/mol. The van der Waals surface area contributed by atoms with E-state index in [4.69, 9.17) is 0 Å². The number of hydrogen-bond donors (Lipinski definition) is 0. The van der Waals surface area contributed by atoms with E-state index >= 15 is 0 Å². The number of carbonyl (C=O) groups excluding carboxylic acids is 1. The standard InChI is InChI=1S/C15H11F3N2O3/c1-2-6-12-19-11(15(16,17)18)9-13(20-12)22-23-14(21)10-7-4-3-5-8-10/h2-5,7-9H,1,6H2. The molecule has 0 radical (unpaired) electrons. The number of carbonyl (C=O) groups is 1. The lowest BCUT2D eigenvalue weighted by Crippen LogP contribution is -2.14. The van der Waals surface area contributed by atoms with E-state index in [1.54, 1.807) is 18.2 Å². The van der Waals surface area contributed by atoms with Crippen LogP contribution in [0.25, 0.3) is 0 Å². The molecule has 0 bridgehead atoms. The fourth-order valence-corrected chi connectivity index (χ4v) is 1.58. The fourth-order valence-electron chi connectivity index (χ4n) is 1.58. The third-order valence-electron chi connectivity index (χ3n) is 2.58. The zero-order valence-corrected chi connectivity index (χ0v) is 11.7. The first kappa shape index (κ1) is 16.5. The Labute approximate surface area is 129 Å². The van der Waals surface area contributed by atoms with E-state index in [9.17, 15) is 18.0 Å². The van der Waals surface area contributed by atoms with Gasteiger partial charge in [-0.15, -0.1) is 6.58 Å². The molecule has 1 aromatic heterocycles. The molecule has 0 atom stereocenters. The third-order valence-corrected chi connectivity index (χ3v) is 2.58. The second kappa shape index (κ2) is 6.91. The van der Waals surface area contributed by atoms with Crippen LogP contribution in [-0.2, 0) is 17.5 Å². The summed E-state index contributed by atoms with van der Waals surface area (Å²) in [6.07, 6.45) is -3.33. The first-order valence-electron chi connectivity index (χ1n) is 6.40. The van der Waals surface area contributed by atoms with E-state index in [0.717, 1.165) is 0 Å². The van der Waals surface area contributed by atoms with Gasteiger partial charge in [0.05, 0.1) is 5.56 Å². The van der Waals surface area contributed by atoms with Crippen LogP contribution in [-0.4, -0.2) is 15.9 Å². The molecule has 0 N–H and O–H groups in total. The molecule has 1 aromatic carbocycles. The zero-order chi connectivity index (χ0) is 16.9. The molecule has 1 heterocycles. The lowest BCUT2D eigenvalue weighted by Gasteiger charge is -2.09. The van der Waals surface area contributed by atoms with Crippen molar-refractivity contribution in [2.45, 2.75) is 12.6 Å². The van der Waals surface area contributed by atoms with Gasteiger partial charge in [-0.3, -0.25) is 4.89 Å². The number of alkyl halides is 3. The van der Waals surface area contributed by atoms with E-state index in [2.05, 4.69) is 26.3 Å². The van der Waals surface area contributed by atoms with Crippen LogP contribution in [0, 0.1) is 0 Å². The van der Waals surface area contributed by atoms with Crippen LogP contribution in [0.3, 0.4) is 0 Å². The molecule has 0 fully saturated rings. The quantitative estimate of drug-likeness (QED) is 0.479. The summed E-state index contributed by atoms with van der Waals surface area (Å²) < 4.78 is 38.3.